The minimum atomic E-state index is -0.161. The Kier molecular flexibility index (Phi) is 4.06. The molecule has 0 aliphatic carbocycles. The molecule has 2 aliphatic rings. The van der Waals surface area contributed by atoms with Crippen LogP contribution in [0.3, 0.4) is 0 Å². The molecule has 1 aromatic carbocycles. The van der Waals surface area contributed by atoms with E-state index in [-0.39, 0.29) is 23.9 Å². The zero-order valence-electron chi connectivity index (χ0n) is 14.0. The van der Waals surface area contributed by atoms with Crippen LogP contribution in [0.25, 0.3) is 0 Å². The second-order valence-corrected chi connectivity index (χ2v) is 5.93. The van der Waals surface area contributed by atoms with Gasteiger partial charge >= 0.3 is 0 Å². The average molecular weight is 318 g/mol. The molecule has 5 heteroatoms. The fraction of sp³-hybridized carbons (Fsp3) is 0.500. The van der Waals surface area contributed by atoms with Crippen LogP contribution in [0.5, 0.6) is 17.2 Å². The molecule has 1 fully saturated rings. The first kappa shape index (κ1) is 15.9. The van der Waals surface area contributed by atoms with Gasteiger partial charge in [0.1, 0.15) is 0 Å². The largest absolute Gasteiger partial charge is 0.492 e. The van der Waals surface area contributed by atoms with Crippen LogP contribution >= 0.6 is 0 Å². The highest BCUT2D eigenvalue weighted by Crippen LogP contribution is 2.55. The van der Waals surface area contributed by atoms with Gasteiger partial charge in [0.15, 0.2) is 17.3 Å². The molecule has 5 nitrogen and oxygen atoms in total. The predicted molar refractivity (Wildman–Crippen MR) is 85.5 cm³/mol. The molecule has 0 aromatic heterocycles. The lowest BCUT2D eigenvalue weighted by Crippen LogP contribution is -2.27. The third-order valence-corrected chi connectivity index (χ3v) is 4.94. The second kappa shape index (κ2) is 5.89. The minimum absolute atomic E-state index is 0.0425. The highest BCUT2D eigenvalue weighted by atomic mass is 16.5. The summed E-state index contributed by atoms with van der Waals surface area (Å²) in [6, 6.07) is 0. The molecule has 0 N–H and O–H groups in total. The van der Waals surface area contributed by atoms with Crippen LogP contribution in [0, 0.1) is 12.8 Å². The summed E-state index contributed by atoms with van der Waals surface area (Å²) < 4.78 is 22.8. The van der Waals surface area contributed by atoms with Crippen LogP contribution in [-0.2, 0) is 16.0 Å². The number of rotatable bonds is 5. The summed E-state index contributed by atoms with van der Waals surface area (Å²) in [5.41, 5.74) is 3.14. The maximum Gasteiger partial charge on any atom is 0.203 e. The number of hydrogen-bond donors (Lipinski definition) is 0. The van der Waals surface area contributed by atoms with Crippen LogP contribution in [-0.4, -0.2) is 33.2 Å². The van der Waals surface area contributed by atoms with Gasteiger partial charge in [0.2, 0.25) is 5.75 Å². The quantitative estimate of drug-likeness (QED) is 0.781. The van der Waals surface area contributed by atoms with E-state index in [1.54, 1.807) is 21.3 Å². The Balaban J connectivity index is 2.16. The number of benzene rings is 1. The van der Waals surface area contributed by atoms with Gasteiger partial charge in [-0.25, -0.2) is 0 Å². The van der Waals surface area contributed by atoms with Crippen LogP contribution in [0.15, 0.2) is 12.7 Å². The Morgan fingerprint density at radius 3 is 2.39 bits per heavy atom. The van der Waals surface area contributed by atoms with E-state index < -0.39 is 0 Å². The van der Waals surface area contributed by atoms with Crippen molar-refractivity contribution in [1.29, 1.82) is 0 Å². The number of hydrogen-bond acceptors (Lipinski definition) is 5. The van der Waals surface area contributed by atoms with Crippen molar-refractivity contribution in [2.75, 3.05) is 21.3 Å². The van der Waals surface area contributed by atoms with E-state index in [9.17, 15) is 4.79 Å². The molecule has 1 aromatic rings. The Morgan fingerprint density at radius 2 is 1.83 bits per heavy atom. The first-order valence-corrected chi connectivity index (χ1v) is 7.70. The van der Waals surface area contributed by atoms with E-state index in [0.717, 1.165) is 16.7 Å². The van der Waals surface area contributed by atoms with Crippen molar-refractivity contribution in [3.05, 3.63) is 29.3 Å². The zero-order valence-corrected chi connectivity index (χ0v) is 14.0. The van der Waals surface area contributed by atoms with E-state index in [4.69, 9.17) is 18.9 Å². The molecule has 2 bridgehead atoms. The highest BCUT2D eigenvalue weighted by molar-refractivity contribution is 5.92. The van der Waals surface area contributed by atoms with Crippen molar-refractivity contribution in [2.24, 2.45) is 5.92 Å². The molecule has 0 amide bonds. The summed E-state index contributed by atoms with van der Waals surface area (Å²) in [4.78, 5) is 12.1. The zero-order chi connectivity index (χ0) is 16.7. The number of ether oxygens (including phenoxy) is 4. The maximum atomic E-state index is 12.1. The molecule has 3 rings (SSSR count). The topological polar surface area (TPSA) is 54.0 Å². The Bertz CT molecular complexity index is 664. The number of methoxy groups -OCH3 is 3. The SMILES string of the molecule is C=CC(=O)[C@@H]1C[C@@H]2O[C@H]1Cc1c(C)c(OC)c(OC)c(OC)c12. The fourth-order valence-corrected chi connectivity index (χ4v) is 3.88. The fourth-order valence-electron chi connectivity index (χ4n) is 3.88. The van der Waals surface area contributed by atoms with E-state index in [1.165, 1.54) is 6.08 Å². The second-order valence-electron chi connectivity index (χ2n) is 5.93. The molecule has 0 radical (unpaired) electrons. The Labute approximate surface area is 136 Å². The average Bonchev–Trinajstić information content (AvgIpc) is 2.91. The molecule has 23 heavy (non-hydrogen) atoms. The lowest BCUT2D eigenvalue weighted by molar-refractivity contribution is -0.119. The first-order valence-electron chi connectivity index (χ1n) is 7.70. The van der Waals surface area contributed by atoms with Gasteiger partial charge in [-0.15, -0.1) is 0 Å². The molecular weight excluding hydrogens is 296 g/mol. The number of allylic oxidation sites excluding steroid dienone is 1. The molecule has 3 atom stereocenters. The standard InChI is InChI=1S/C18H22O5/c1-6-12(19)11-8-14-15-10(7-13(11)23-14)9(2)16(20-3)18(22-5)17(15)21-4/h6,11,13-14H,1,7-8H2,2-5H3/t11-,13-,14-/m0/s1. The molecule has 124 valence electrons. The van der Waals surface area contributed by atoms with Crippen molar-refractivity contribution >= 4 is 5.78 Å². The summed E-state index contributed by atoms with van der Waals surface area (Å²) >= 11 is 0. The molecular formula is C18H22O5. The van der Waals surface area contributed by atoms with Crippen LogP contribution in [0.2, 0.25) is 0 Å². The number of ketones is 1. The van der Waals surface area contributed by atoms with Crippen LogP contribution < -0.4 is 14.2 Å². The highest BCUT2D eigenvalue weighted by Gasteiger charge is 2.46. The summed E-state index contributed by atoms with van der Waals surface area (Å²) in [5.74, 6) is 1.79. The number of fused-ring (bicyclic) bond motifs is 4. The smallest absolute Gasteiger partial charge is 0.203 e. The maximum absolute atomic E-state index is 12.1. The summed E-state index contributed by atoms with van der Waals surface area (Å²) in [6.45, 7) is 5.61. The molecule has 0 saturated carbocycles. The van der Waals surface area contributed by atoms with Crippen molar-refractivity contribution in [1.82, 2.24) is 0 Å². The number of carbonyl (C=O) groups is 1. The summed E-state index contributed by atoms with van der Waals surface area (Å²) in [5, 5.41) is 0. The molecule has 2 aliphatic heterocycles. The molecule has 0 spiro atoms. The summed E-state index contributed by atoms with van der Waals surface area (Å²) in [7, 11) is 4.83. The van der Waals surface area contributed by atoms with Gasteiger partial charge in [0.05, 0.1) is 39.5 Å². The van der Waals surface area contributed by atoms with Gasteiger partial charge in [-0.05, 0) is 30.5 Å². The van der Waals surface area contributed by atoms with Gasteiger partial charge in [-0.3, -0.25) is 4.79 Å². The molecule has 1 saturated heterocycles. The van der Waals surface area contributed by atoms with Crippen molar-refractivity contribution in [3.8, 4) is 17.2 Å². The van der Waals surface area contributed by atoms with Crippen molar-refractivity contribution < 1.29 is 23.7 Å². The lowest BCUT2D eigenvalue weighted by atomic mass is 9.91. The predicted octanol–water partition coefficient (Wildman–Crippen LogP) is 2.78. The molecule has 2 heterocycles. The van der Waals surface area contributed by atoms with Gasteiger partial charge in [-0.2, -0.15) is 0 Å². The van der Waals surface area contributed by atoms with E-state index in [2.05, 4.69) is 6.58 Å². The van der Waals surface area contributed by atoms with Gasteiger partial charge in [-0.1, -0.05) is 6.58 Å². The monoisotopic (exact) mass is 318 g/mol. The third kappa shape index (κ3) is 2.22. The lowest BCUT2D eigenvalue weighted by Gasteiger charge is -2.30. The molecule has 0 unspecified atom stereocenters. The van der Waals surface area contributed by atoms with E-state index in [1.807, 2.05) is 6.92 Å². The number of carbonyl (C=O) groups excluding carboxylic acids is 1. The Hall–Kier alpha value is -2.01. The first-order chi connectivity index (χ1) is 11.1. The summed E-state index contributed by atoms with van der Waals surface area (Å²) in [6.07, 6.45) is 2.43. The van der Waals surface area contributed by atoms with Gasteiger partial charge in [0, 0.05) is 12.0 Å². The minimum Gasteiger partial charge on any atom is -0.492 e. The van der Waals surface area contributed by atoms with Gasteiger partial charge in [0.25, 0.3) is 0 Å². The van der Waals surface area contributed by atoms with Crippen molar-refractivity contribution in [2.45, 2.75) is 32.0 Å². The van der Waals surface area contributed by atoms with Crippen LogP contribution in [0.4, 0.5) is 0 Å². The van der Waals surface area contributed by atoms with Crippen molar-refractivity contribution in [3.63, 3.8) is 0 Å². The van der Waals surface area contributed by atoms with E-state index >= 15 is 0 Å². The van der Waals surface area contributed by atoms with E-state index in [0.29, 0.717) is 30.1 Å². The third-order valence-electron chi connectivity index (χ3n) is 4.94. The van der Waals surface area contributed by atoms with Crippen LogP contribution in [0.1, 0.15) is 29.2 Å². The van der Waals surface area contributed by atoms with Gasteiger partial charge < -0.3 is 18.9 Å². The normalized spacial score (nSPS) is 24.8. The Morgan fingerprint density at radius 1 is 1.17 bits per heavy atom.